The zero-order chi connectivity index (χ0) is 26.1. The van der Waals surface area contributed by atoms with Crippen LogP contribution in [-0.2, 0) is 29.0 Å². The molecule has 0 saturated carbocycles. The third-order valence-corrected chi connectivity index (χ3v) is 6.92. The van der Waals surface area contributed by atoms with Gasteiger partial charge < -0.3 is 10.2 Å². The van der Waals surface area contributed by atoms with Crippen LogP contribution < -0.4 is 5.32 Å². The van der Waals surface area contributed by atoms with Gasteiger partial charge in [-0.2, -0.15) is 0 Å². The zero-order valence-corrected chi connectivity index (χ0v) is 22.2. The number of rotatable bonds is 11. The van der Waals surface area contributed by atoms with Gasteiger partial charge in [0.25, 0.3) is 0 Å². The maximum atomic E-state index is 14.5. The van der Waals surface area contributed by atoms with Gasteiger partial charge in [-0.1, -0.05) is 90.6 Å². The molecule has 36 heavy (non-hydrogen) atoms. The van der Waals surface area contributed by atoms with Crippen LogP contribution in [0.3, 0.4) is 0 Å². The predicted octanol–water partition coefficient (Wildman–Crippen LogP) is 6.88. The summed E-state index contributed by atoms with van der Waals surface area (Å²) in [5.74, 6) is -1.28. The Bertz CT molecular complexity index is 1170. The van der Waals surface area contributed by atoms with E-state index in [4.69, 9.17) is 34.8 Å². The molecule has 0 unspecified atom stereocenters. The van der Waals surface area contributed by atoms with Crippen LogP contribution in [0.1, 0.15) is 36.5 Å². The van der Waals surface area contributed by atoms with Crippen LogP contribution in [-0.4, -0.2) is 29.3 Å². The molecule has 0 aromatic heterocycles. The third-order valence-electron chi connectivity index (χ3n) is 5.83. The molecule has 1 N–H and O–H groups in total. The fourth-order valence-electron chi connectivity index (χ4n) is 3.85. The van der Waals surface area contributed by atoms with Crippen molar-refractivity contribution in [2.24, 2.45) is 0 Å². The van der Waals surface area contributed by atoms with E-state index in [9.17, 15) is 14.0 Å². The van der Waals surface area contributed by atoms with Crippen LogP contribution in [0.2, 0.25) is 15.1 Å². The van der Waals surface area contributed by atoms with Gasteiger partial charge in [-0.3, -0.25) is 9.59 Å². The summed E-state index contributed by atoms with van der Waals surface area (Å²) >= 11 is 18.5. The zero-order valence-electron chi connectivity index (χ0n) is 19.9. The fraction of sp³-hybridized carbons (Fsp3) is 0.286. The molecule has 0 radical (unpaired) electrons. The standard InChI is InChI=1S/C28H28Cl3FN2O2/c1-2-3-14-33-28(36)26(16-19-8-5-4-6-9-19)34(18-20-12-13-23(30)24(31)15-20)27(35)17-21-22(29)10-7-11-25(21)32/h4-13,15,26H,2-3,14,16-18H2,1H3,(H,33,36)/t26-/m0/s1. The van der Waals surface area contributed by atoms with E-state index in [1.807, 2.05) is 37.3 Å². The monoisotopic (exact) mass is 548 g/mol. The highest BCUT2D eigenvalue weighted by atomic mass is 35.5. The van der Waals surface area contributed by atoms with Crippen molar-refractivity contribution in [1.82, 2.24) is 10.2 Å². The first-order valence-corrected chi connectivity index (χ1v) is 12.9. The Morgan fingerprint density at radius 1 is 0.917 bits per heavy atom. The van der Waals surface area contributed by atoms with E-state index in [2.05, 4.69) is 5.32 Å². The second kappa shape index (κ2) is 13.6. The number of halogens is 4. The topological polar surface area (TPSA) is 49.4 Å². The minimum absolute atomic E-state index is 0.0838. The van der Waals surface area contributed by atoms with E-state index in [0.717, 1.165) is 18.4 Å². The number of amides is 2. The van der Waals surface area contributed by atoms with Gasteiger partial charge in [0.05, 0.1) is 16.5 Å². The fourth-order valence-corrected chi connectivity index (χ4v) is 4.40. The molecule has 3 aromatic carbocycles. The average molecular weight is 550 g/mol. The number of benzene rings is 3. The van der Waals surface area contributed by atoms with Gasteiger partial charge in [0, 0.05) is 30.1 Å². The second-order valence-electron chi connectivity index (χ2n) is 8.50. The summed E-state index contributed by atoms with van der Waals surface area (Å²) in [5, 5.41) is 3.83. The predicted molar refractivity (Wildman–Crippen MR) is 144 cm³/mol. The molecule has 0 spiro atoms. The quantitative estimate of drug-likeness (QED) is 0.265. The van der Waals surface area contributed by atoms with E-state index in [1.54, 1.807) is 18.2 Å². The normalized spacial score (nSPS) is 11.7. The summed E-state index contributed by atoms with van der Waals surface area (Å²) in [7, 11) is 0. The maximum absolute atomic E-state index is 14.5. The molecule has 3 rings (SSSR count). The van der Waals surface area contributed by atoms with Crippen LogP contribution in [0.25, 0.3) is 0 Å². The number of hydrogen-bond acceptors (Lipinski definition) is 2. The molecule has 0 aliphatic carbocycles. The molecule has 0 fully saturated rings. The van der Waals surface area contributed by atoms with Crippen molar-refractivity contribution in [3.8, 4) is 0 Å². The molecule has 0 aliphatic rings. The molecule has 3 aromatic rings. The SMILES string of the molecule is CCCCNC(=O)[C@H](Cc1ccccc1)N(Cc1ccc(Cl)c(Cl)c1)C(=O)Cc1c(F)cccc1Cl. The van der Waals surface area contributed by atoms with Gasteiger partial charge in [0.2, 0.25) is 11.8 Å². The first-order chi connectivity index (χ1) is 17.3. The van der Waals surface area contributed by atoms with Crippen molar-refractivity contribution >= 4 is 46.6 Å². The van der Waals surface area contributed by atoms with Crippen LogP contribution in [0.5, 0.6) is 0 Å². The number of carbonyl (C=O) groups excluding carboxylic acids is 2. The van der Waals surface area contributed by atoms with Crippen molar-refractivity contribution in [3.05, 3.63) is 104 Å². The highest BCUT2D eigenvalue weighted by Gasteiger charge is 2.31. The Morgan fingerprint density at radius 2 is 1.67 bits per heavy atom. The van der Waals surface area contributed by atoms with Crippen LogP contribution in [0.15, 0.2) is 66.7 Å². The van der Waals surface area contributed by atoms with E-state index < -0.39 is 17.8 Å². The van der Waals surface area contributed by atoms with Crippen molar-refractivity contribution in [2.45, 2.75) is 45.2 Å². The lowest BCUT2D eigenvalue weighted by atomic mass is 10.0. The Balaban J connectivity index is 2.00. The lowest BCUT2D eigenvalue weighted by Crippen LogP contribution is -2.51. The van der Waals surface area contributed by atoms with Crippen molar-refractivity contribution in [2.75, 3.05) is 6.54 Å². The van der Waals surface area contributed by atoms with Gasteiger partial charge >= 0.3 is 0 Å². The minimum atomic E-state index is -0.836. The highest BCUT2D eigenvalue weighted by Crippen LogP contribution is 2.26. The Hall–Kier alpha value is -2.60. The number of carbonyl (C=O) groups is 2. The smallest absolute Gasteiger partial charge is 0.243 e. The van der Waals surface area contributed by atoms with Crippen molar-refractivity contribution in [3.63, 3.8) is 0 Å². The second-order valence-corrected chi connectivity index (χ2v) is 9.72. The summed E-state index contributed by atoms with van der Waals surface area (Å²) in [4.78, 5) is 28.6. The molecule has 0 heterocycles. The van der Waals surface area contributed by atoms with Crippen LogP contribution in [0, 0.1) is 5.82 Å². The Labute approximate surface area is 226 Å². The van der Waals surface area contributed by atoms with Crippen molar-refractivity contribution in [1.29, 1.82) is 0 Å². The third kappa shape index (κ3) is 7.70. The largest absolute Gasteiger partial charge is 0.354 e. The summed E-state index contributed by atoms with van der Waals surface area (Å²) in [6, 6.07) is 18.0. The van der Waals surface area contributed by atoms with Crippen LogP contribution in [0.4, 0.5) is 4.39 Å². The summed E-state index contributed by atoms with van der Waals surface area (Å²) in [6.07, 6.45) is 1.73. The number of nitrogens with one attached hydrogen (secondary N) is 1. The van der Waals surface area contributed by atoms with Gasteiger partial charge in [-0.05, 0) is 41.8 Å². The summed E-state index contributed by atoms with van der Waals surface area (Å²) in [6.45, 7) is 2.61. The molecule has 0 bridgehead atoms. The molecular weight excluding hydrogens is 522 g/mol. The lowest BCUT2D eigenvalue weighted by molar-refractivity contribution is -0.140. The number of nitrogens with zero attached hydrogens (tertiary/aromatic N) is 1. The molecule has 0 saturated heterocycles. The van der Waals surface area contributed by atoms with Crippen LogP contribution >= 0.6 is 34.8 Å². The number of hydrogen-bond donors (Lipinski definition) is 1. The van der Waals surface area contributed by atoms with Gasteiger partial charge in [0.1, 0.15) is 11.9 Å². The lowest BCUT2D eigenvalue weighted by Gasteiger charge is -2.32. The number of unbranched alkanes of at least 4 members (excludes halogenated alkanes) is 1. The Kier molecular flexibility index (Phi) is 10.6. The van der Waals surface area contributed by atoms with Gasteiger partial charge in [-0.25, -0.2) is 4.39 Å². The molecular formula is C28H28Cl3FN2O2. The molecule has 4 nitrogen and oxygen atoms in total. The molecule has 1 atom stereocenters. The van der Waals surface area contributed by atoms with E-state index in [1.165, 1.54) is 23.1 Å². The van der Waals surface area contributed by atoms with E-state index in [0.29, 0.717) is 22.2 Å². The van der Waals surface area contributed by atoms with E-state index in [-0.39, 0.29) is 35.9 Å². The minimum Gasteiger partial charge on any atom is -0.354 e. The maximum Gasteiger partial charge on any atom is 0.243 e. The van der Waals surface area contributed by atoms with E-state index >= 15 is 0 Å². The highest BCUT2D eigenvalue weighted by molar-refractivity contribution is 6.42. The molecule has 2 amide bonds. The molecule has 0 aliphatic heterocycles. The summed E-state index contributed by atoms with van der Waals surface area (Å²) < 4.78 is 14.5. The Morgan fingerprint density at radius 3 is 2.33 bits per heavy atom. The summed E-state index contributed by atoms with van der Waals surface area (Å²) in [5.41, 5.74) is 1.67. The van der Waals surface area contributed by atoms with Crippen molar-refractivity contribution < 1.29 is 14.0 Å². The first-order valence-electron chi connectivity index (χ1n) is 11.8. The molecule has 8 heteroatoms. The average Bonchev–Trinajstić information content (AvgIpc) is 2.86. The first kappa shape index (κ1) is 28.0. The van der Waals surface area contributed by atoms with Gasteiger partial charge in [-0.15, -0.1) is 0 Å². The molecule has 190 valence electrons. The van der Waals surface area contributed by atoms with Gasteiger partial charge in [0.15, 0.2) is 0 Å².